The first-order chi connectivity index (χ1) is 9.49. The van der Waals surface area contributed by atoms with Gasteiger partial charge in [0.2, 0.25) is 0 Å². The van der Waals surface area contributed by atoms with Crippen LogP contribution in [0.5, 0.6) is 0 Å². The Hall–Kier alpha value is -1.26. The molecule has 2 N–H and O–H groups in total. The van der Waals surface area contributed by atoms with E-state index in [4.69, 9.17) is 5.11 Å². The molecule has 2 atom stereocenters. The lowest BCUT2D eigenvalue weighted by Crippen LogP contribution is -2.49. The number of carboxylic acid groups (broad SMARTS) is 1. The zero-order chi connectivity index (χ0) is 14.7. The van der Waals surface area contributed by atoms with Crippen molar-refractivity contribution in [1.82, 2.24) is 10.2 Å². The van der Waals surface area contributed by atoms with Gasteiger partial charge >= 0.3 is 12.0 Å². The summed E-state index contributed by atoms with van der Waals surface area (Å²) in [4.78, 5) is 25.2. The van der Waals surface area contributed by atoms with Crippen molar-refractivity contribution in [3.05, 3.63) is 0 Å². The molecule has 2 saturated carbocycles. The van der Waals surface area contributed by atoms with Gasteiger partial charge in [0.1, 0.15) is 0 Å². The molecular formula is C15H26N2O3. The maximum absolute atomic E-state index is 12.3. The fraction of sp³-hybridized carbons (Fsp3) is 0.867. The van der Waals surface area contributed by atoms with E-state index in [1.54, 1.807) is 4.90 Å². The molecule has 0 spiro atoms. The number of urea groups is 1. The molecule has 0 aromatic heterocycles. The Morgan fingerprint density at radius 2 is 1.75 bits per heavy atom. The minimum atomic E-state index is -0.790. The van der Waals surface area contributed by atoms with Crippen molar-refractivity contribution < 1.29 is 14.7 Å². The van der Waals surface area contributed by atoms with Crippen LogP contribution in [0.25, 0.3) is 0 Å². The Bertz CT molecular complexity index is 364. The van der Waals surface area contributed by atoms with E-state index >= 15 is 0 Å². The monoisotopic (exact) mass is 282 g/mol. The highest BCUT2D eigenvalue weighted by Crippen LogP contribution is 2.28. The van der Waals surface area contributed by atoms with Crippen LogP contribution in [0.2, 0.25) is 0 Å². The quantitative estimate of drug-likeness (QED) is 0.835. The van der Waals surface area contributed by atoms with Crippen molar-refractivity contribution in [3.63, 3.8) is 0 Å². The van der Waals surface area contributed by atoms with Gasteiger partial charge in [-0.1, -0.05) is 13.3 Å². The first kappa shape index (κ1) is 15.1. The summed E-state index contributed by atoms with van der Waals surface area (Å²) in [7, 11) is 1.83. The number of carboxylic acids is 1. The standard InChI is InChI=1S/C15H26N2O3/c1-10-6-8-11(9-7-10)17(2)15(20)16-13-5-3-4-12(13)14(18)19/h10-13H,3-9H2,1-2H3,(H,16,20)(H,18,19). The largest absolute Gasteiger partial charge is 0.481 e. The summed E-state index contributed by atoms with van der Waals surface area (Å²) in [6.07, 6.45) is 6.78. The molecule has 2 unspecified atom stereocenters. The Morgan fingerprint density at radius 1 is 1.10 bits per heavy atom. The summed E-state index contributed by atoms with van der Waals surface area (Å²) in [5.41, 5.74) is 0. The molecule has 0 aromatic carbocycles. The molecule has 5 nitrogen and oxygen atoms in total. The molecule has 0 aromatic rings. The maximum atomic E-state index is 12.3. The average molecular weight is 282 g/mol. The van der Waals surface area contributed by atoms with Crippen molar-refractivity contribution in [1.29, 1.82) is 0 Å². The Balaban J connectivity index is 1.86. The van der Waals surface area contributed by atoms with Crippen LogP contribution in [0.3, 0.4) is 0 Å². The molecule has 2 fully saturated rings. The second-order valence-corrected chi connectivity index (χ2v) is 6.46. The predicted molar refractivity (Wildman–Crippen MR) is 76.5 cm³/mol. The molecule has 5 heteroatoms. The number of rotatable bonds is 3. The van der Waals surface area contributed by atoms with Gasteiger partial charge in [0.15, 0.2) is 0 Å². The molecule has 0 heterocycles. The van der Waals surface area contributed by atoms with Crippen molar-refractivity contribution >= 4 is 12.0 Å². The van der Waals surface area contributed by atoms with E-state index < -0.39 is 11.9 Å². The summed E-state index contributed by atoms with van der Waals surface area (Å²) in [5.74, 6) is -0.449. The van der Waals surface area contributed by atoms with Crippen molar-refractivity contribution in [2.24, 2.45) is 11.8 Å². The van der Waals surface area contributed by atoms with Gasteiger partial charge in [-0.3, -0.25) is 4.79 Å². The first-order valence-electron chi connectivity index (χ1n) is 7.75. The zero-order valence-corrected chi connectivity index (χ0v) is 12.5. The number of aliphatic carboxylic acids is 1. The van der Waals surface area contributed by atoms with Crippen LogP contribution in [0.1, 0.15) is 51.9 Å². The SMILES string of the molecule is CC1CCC(N(C)C(=O)NC2CCCC2C(=O)O)CC1. The number of amides is 2. The minimum Gasteiger partial charge on any atom is -0.481 e. The van der Waals surface area contributed by atoms with Crippen molar-refractivity contribution in [2.45, 2.75) is 64.0 Å². The Kier molecular flexibility index (Phi) is 4.89. The van der Waals surface area contributed by atoms with Gasteiger partial charge in [-0.2, -0.15) is 0 Å². The molecule has 2 amide bonds. The van der Waals surface area contributed by atoms with Gasteiger partial charge in [0, 0.05) is 19.1 Å². The number of hydrogen-bond acceptors (Lipinski definition) is 2. The van der Waals surface area contributed by atoms with Gasteiger partial charge in [-0.15, -0.1) is 0 Å². The van der Waals surface area contributed by atoms with E-state index in [-0.39, 0.29) is 12.1 Å². The zero-order valence-electron chi connectivity index (χ0n) is 12.5. The molecule has 0 aliphatic heterocycles. The Labute approximate surface area is 120 Å². The average Bonchev–Trinajstić information content (AvgIpc) is 2.87. The van der Waals surface area contributed by atoms with Gasteiger partial charge in [-0.05, 0) is 44.4 Å². The molecule has 0 saturated heterocycles. The first-order valence-corrected chi connectivity index (χ1v) is 7.75. The fourth-order valence-electron chi connectivity index (χ4n) is 3.48. The van der Waals surface area contributed by atoms with Crippen LogP contribution < -0.4 is 5.32 Å². The fourth-order valence-corrected chi connectivity index (χ4v) is 3.48. The molecule has 2 aliphatic rings. The van der Waals surface area contributed by atoms with E-state index in [1.807, 2.05) is 7.05 Å². The molecule has 2 aliphatic carbocycles. The van der Waals surface area contributed by atoms with E-state index in [1.165, 1.54) is 12.8 Å². The van der Waals surface area contributed by atoms with E-state index in [9.17, 15) is 9.59 Å². The summed E-state index contributed by atoms with van der Waals surface area (Å²) in [6.45, 7) is 2.26. The van der Waals surface area contributed by atoms with Crippen LogP contribution in [-0.4, -0.2) is 41.1 Å². The molecule has 20 heavy (non-hydrogen) atoms. The van der Waals surface area contributed by atoms with Crippen LogP contribution in [-0.2, 0) is 4.79 Å². The highest BCUT2D eigenvalue weighted by molar-refractivity contribution is 5.77. The molecule has 0 bridgehead atoms. The van der Waals surface area contributed by atoms with E-state index in [0.29, 0.717) is 12.5 Å². The lowest BCUT2D eigenvalue weighted by molar-refractivity contribution is -0.142. The maximum Gasteiger partial charge on any atom is 0.317 e. The van der Waals surface area contributed by atoms with Gasteiger partial charge < -0.3 is 15.3 Å². The normalized spacial score (nSPS) is 33.7. The van der Waals surface area contributed by atoms with Crippen molar-refractivity contribution in [2.75, 3.05) is 7.05 Å². The molecule has 2 rings (SSSR count). The second-order valence-electron chi connectivity index (χ2n) is 6.46. The third-order valence-electron chi connectivity index (χ3n) is 5.00. The van der Waals surface area contributed by atoms with Gasteiger partial charge in [0.05, 0.1) is 5.92 Å². The summed E-state index contributed by atoms with van der Waals surface area (Å²) in [5, 5.41) is 12.1. The van der Waals surface area contributed by atoms with Crippen molar-refractivity contribution in [3.8, 4) is 0 Å². The number of carbonyl (C=O) groups is 2. The number of nitrogens with zero attached hydrogens (tertiary/aromatic N) is 1. The second kappa shape index (κ2) is 6.46. The smallest absolute Gasteiger partial charge is 0.317 e. The number of hydrogen-bond donors (Lipinski definition) is 2. The number of carbonyl (C=O) groups excluding carboxylic acids is 1. The summed E-state index contributed by atoms with van der Waals surface area (Å²) >= 11 is 0. The molecular weight excluding hydrogens is 256 g/mol. The lowest BCUT2D eigenvalue weighted by atomic mass is 9.87. The van der Waals surface area contributed by atoms with Gasteiger partial charge in [-0.25, -0.2) is 4.79 Å². The third-order valence-corrected chi connectivity index (χ3v) is 5.00. The highest BCUT2D eigenvalue weighted by Gasteiger charge is 2.35. The lowest BCUT2D eigenvalue weighted by Gasteiger charge is -2.34. The number of nitrogens with one attached hydrogen (secondary N) is 1. The Morgan fingerprint density at radius 3 is 2.35 bits per heavy atom. The van der Waals surface area contributed by atoms with E-state index in [0.717, 1.165) is 31.6 Å². The topological polar surface area (TPSA) is 69.6 Å². The van der Waals surface area contributed by atoms with E-state index in [2.05, 4.69) is 12.2 Å². The molecule has 0 radical (unpaired) electrons. The predicted octanol–water partition coefficient (Wildman–Crippen LogP) is 2.46. The van der Waals surface area contributed by atoms with Crippen LogP contribution in [0.4, 0.5) is 4.79 Å². The van der Waals surface area contributed by atoms with Gasteiger partial charge in [0.25, 0.3) is 0 Å². The van der Waals surface area contributed by atoms with Crippen LogP contribution in [0, 0.1) is 11.8 Å². The molecule has 114 valence electrons. The van der Waals surface area contributed by atoms with Crippen LogP contribution in [0.15, 0.2) is 0 Å². The summed E-state index contributed by atoms with van der Waals surface area (Å²) in [6, 6.07) is -0.0106. The van der Waals surface area contributed by atoms with Crippen LogP contribution >= 0.6 is 0 Å². The highest BCUT2D eigenvalue weighted by atomic mass is 16.4. The third kappa shape index (κ3) is 3.44. The summed E-state index contributed by atoms with van der Waals surface area (Å²) < 4.78 is 0. The minimum absolute atomic E-state index is 0.109.